The summed E-state index contributed by atoms with van der Waals surface area (Å²) >= 11 is 0. The number of nitrogens with one attached hydrogen (secondary N) is 1. The molecule has 1 amide bonds. The molecular weight excluding hydrogens is 305 g/mol. The SMILES string of the molecule is N[C@@H](CC(=O)NCc1cc(F)cc(F)c1)Cc1ccccc1F. The molecular formula is C17H17F3N2O. The van der Waals surface area contributed by atoms with Crippen LogP contribution in [0.2, 0.25) is 0 Å². The fourth-order valence-corrected chi connectivity index (χ4v) is 2.24. The Morgan fingerprint density at radius 2 is 1.74 bits per heavy atom. The van der Waals surface area contributed by atoms with Gasteiger partial charge in [0, 0.05) is 25.1 Å². The van der Waals surface area contributed by atoms with Crippen molar-refractivity contribution >= 4 is 5.91 Å². The van der Waals surface area contributed by atoms with E-state index in [0.717, 1.165) is 18.2 Å². The monoisotopic (exact) mass is 322 g/mol. The van der Waals surface area contributed by atoms with Gasteiger partial charge in [-0.2, -0.15) is 0 Å². The Morgan fingerprint density at radius 3 is 2.39 bits per heavy atom. The van der Waals surface area contributed by atoms with E-state index < -0.39 is 17.7 Å². The second-order valence-corrected chi connectivity index (χ2v) is 5.31. The highest BCUT2D eigenvalue weighted by Gasteiger charge is 2.12. The number of nitrogens with two attached hydrogens (primary N) is 1. The van der Waals surface area contributed by atoms with Crippen LogP contribution < -0.4 is 11.1 Å². The highest BCUT2D eigenvalue weighted by Crippen LogP contribution is 2.10. The van der Waals surface area contributed by atoms with Crippen LogP contribution >= 0.6 is 0 Å². The van der Waals surface area contributed by atoms with E-state index in [2.05, 4.69) is 5.32 Å². The summed E-state index contributed by atoms with van der Waals surface area (Å²) in [4.78, 5) is 11.8. The molecule has 0 saturated carbocycles. The zero-order chi connectivity index (χ0) is 16.8. The molecule has 0 saturated heterocycles. The van der Waals surface area contributed by atoms with Gasteiger partial charge in [-0.25, -0.2) is 13.2 Å². The quantitative estimate of drug-likeness (QED) is 0.859. The average Bonchev–Trinajstić information content (AvgIpc) is 2.46. The molecule has 0 spiro atoms. The summed E-state index contributed by atoms with van der Waals surface area (Å²) in [6.45, 7) is -0.0000680. The molecule has 0 bridgehead atoms. The van der Waals surface area contributed by atoms with E-state index in [1.807, 2.05) is 0 Å². The van der Waals surface area contributed by atoms with Gasteiger partial charge in [0.05, 0.1) is 0 Å². The number of rotatable bonds is 6. The van der Waals surface area contributed by atoms with Crippen molar-refractivity contribution in [3.05, 3.63) is 71.0 Å². The first kappa shape index (κ1) is 17.0. The summed E-state index contributed by atoms with van der Waals surface area (Å²) in [5.74, 6) is -2.13. The maximum absolute atomic E-state index is 13.5. The van der Waals surface area contributed by atoms with Crippen LogP contribution in [0.4, 0.5) is 13.2 Å². The molecule has 0 aromatic heterocycles. The molecule has 0 aliphatic rings. The second-order valence-electron chi connectivity index (χ2n) is 5.31. The molecule has 3 N–H and O–H groups in total. The maximum atomic E-state index is 13.5. The third kappa shape index (κ3) is 5.41. The molecule has 3 nitrogen and oxygen atoms in total. The van der Waals surface area contributed by atoms with Crippen molar-refractivity contribution in [2.24, 2.45) is 5.73 Å². The lowest BCUT2D eigenvalue weighted by molar-refractivity contribution is -0.121. The van der Waals surface area contributed by atoms with Gasteiger partial charge < -0.3 is 11.1 Å². The fourth-order valence-electron chi connectivity index (χ4n) is 2.24. The van der Waals surface area contributed by atoms with E-state index >= 15 is 0 Å². The van der Waals surface area contributed by atoms with Gasteiger partial charge in [-0.3, -0.25) is 4.79 Å². The molecule has 23 heavy (non-hydrogen) atoms. The minimum atomic E-state index is -0.703. The Kier molecular flexibility index (Phi) is 5.76. The zero-order valence-electron chi connectivity index (χ0n) is 12.4. The summed E-state index contributed by atoms with van der Waals surface area (Å²) in [5, 5.41) is 2.54. The predicted octanol–water partition coefficient (Wildman–Crippen LogP) is 2.68. The number of carbonyl (C=O) groups is 1. The number of carbonyl (C=O) groups excluding carboxylic acids is 1. The smallest absolute Gasteiger partial charge is 0.221 e. The number of benzene rings is 2. The fraction of sp³-hybridized carbons (Fsp3) is 0.235. The highest BCUT2D eigenvalue weighted by molar-refractivity contribution is 5.76. The second kappa shape index (κ2) is 7.78. The van der Waals surface area contributed by atoms with Crippen molar-refractivity contribution in [3.8, 4) is 0 Å². The van der Waals surface area contributed by atoms with E-state index in [-0.39, 0.29) is 31.1 Å². The van der Waals surface area contributed by atoms with Crippen molar-refractivity contribution < 1.29 is 18.0 Å². The molecule has 0 aliphatic heterocycles. The van der Waals surface area contributed by atoms with E-state index in [4.69, 9.17) is 5.73 Å². The highest BCUT2D eigenvalue weighted by atomic mass is 19.1. The topological polar surface area (TPSA) is 55.1 Å². The predicted molar refractivity (Wildman–Crippen MR) is 80.9 cm³/mol. The van der Waals surface area contributed by atoms with Crippen LogP contribution in [0.15, 0.2) is 42.5 Å². The zero-order valence-corrected chi connectivity index (χ0v) is 12.4. The molecule has 6 heteroatoms. The van der Waals surface area contributed by atoms with Crippen LogP contribution in [-0.2, 0) is 17.8 Å². The van der Waals surface area contributed by atoms with Gasteiger partial charge in [-0.15, -0.1) is 0 Å². The Morgan fingerprint density at radius 1 is 1.09 bits per heavy atom. The molecule has 0 heterocycles. The van der Waals surface area contributed by atoms with Crippen LogP contribution in [0.1, 0.15) is 17.5 Å². The average molecular weight is 322 g/mol. The van der Waals surface area contributed by atoms with E-state index in [1.165, 1.54) is 6.07 Å². The minimum Gasteiger partial charge on any atom is -0.352 e. The molecule has 0 radical (unpaired) electrons. The normalized spacial score (nSPS) is 12.0. The third-order valence-electron chi connectivity index (χ3n) is 3.30. The third-order valence-corrected chi connectivity index (χ3v) is 3.30. The summed E-state index contributed by atoms with van der Waals surface area (Å²) in [6, 6.07) is 8.72. The van der Waals surface area contributed by atoms with Crippen molar-refractivity contribution in [1.29, 1.82) is 0 Å². The molecule has 2 rings (SSSR count). The first-order valence-electron chi connectivity index (χ1n) is 7.14. The minimum absolute atomic E-state index is 0.0000680. The van der Waals surface area contributed by atoms with Crippen molar-refractivity contribution in [3.63, 3.8) is 0 Å². The van der Waals surface area contributed by atoms with Crippen LogP contribution in [0.25, 0.3) is 0 Å². The molecule has 0 fully saturated rings. The molecule has 0 unspecified atom stereocenters. The summed E-state index contributed by atoms with van der Waals surface area (Å²) in [5.41, 5.74) is 6.61. The van der Waals surface area contributed by atoms with Crippen LogP contribution in [0.3, 0.4) is 0 Å². The molecule has 2 aromatic rings. The van der Waals surface area contributed by atoms with E-state index in [1.54, 1.807) is 18.2 Å². The lowest BCUT2D eigenvalue weighted by Gasteiger charge is -2.12. The van der Waals surface area contributed by atoms with Gasteiger partial charge in [0.2, 0.25) is 5.91 Å². The molecule has 122 valence electrons. The van der Waals surface area contributed by atoms with Crippen LogP contribution in [0, 0.1) is 17.5 Å². The first-order valence-corrected chi connectivity index (χ1v) is 7.14. The van der Waals surface area contributed by atoms with Gasteiger partial charge in [-0.05, 0) is 35.7 Å². The Bertz CT molecular complexity index is 671. The lowest BCUT2D eigenvalue weighted by atomic mass is 10.0. The lowest BCUT2D eigenvalue weighted by Crippen LogP contribution is -2.33. The van der Waals surface area contributed by atoms with Gasteiger partial charge in [-0.1, -0.05) is 18.2 Å². The largest absolute Gasteiger partial charge is 0.352 e. The Balaban J connectivity index is 1.83. The van der Waals surface area contributed by atoms with Crippen molar-refractivity contribution in [1.82, 2.24) is 5.32 Å². The van der Waals surface area contributed by atoms with Gasteiger partial charge in [0.1, 0.15) is 17.5 Å². The number of hydrogen-bond acceptors (Lipinski definition) is 2. The van der Waals surface area contributed by atoms with Crippen molar-refractivity contribution in [2.75, 3.05) is 0 Å². The van der Waals surface area contributed by atoms with Gasteiger partial charge >= 0.3 is 0 Å². The van der Waals surface area contributed by atoms with E-state index in [9.17, 15) is 18.0 Å². The molecule has 1 atom stereocenters. The summed E-state index contributed by atoms with van der Waals surface area (Å²) in [7, 11) is 0. The standard InChI is InChI=1S/C17H17F3N2O/c18-13-5-11(6-14(19)8-13)10-22-17(23)9-15(21)7-12-3-1-2-4-16(12)20/h1-6,8,15H,7,9-10,21H2,(H,22,23)/t15-/m1/s1. The first-order chi connectivity index (χ1) is 10.9. The Labute approximate surface area is 132 Å². The Hall–Kier alpha value is -2.34. The molecule has 0 aliphatic carbocycles. The summed E-state index contributed by atoms with van der Waals surface area (Å²) in [6.07, 6.45) is 0.223. The van der Waals surface area contributed by atoms with Gasteiger partial charge in [0.15, 0.2) is 0 Å². The number of hydrogen-bond donors (Lipinski definition) is 2. The van der Waals surface area contributed by atoms with E-state index in [0.29, 0.717) is 11.1 Å². The maximum Gasteiger partial charge on any atom is 0.221 e. The van der Waals surface area contributed by atoms with Crippen LogP contribution in [-0.4, -0.2) is 11.9 Å². The van der Waals surface area contributed by atoms with Crippen LogP contribution in [0.5, 0.6) is 0 Å². The number of halogens is 3. The van der Waals surface area contributed by atoms with Crippen molar-refractivity contribution in [2.45, 2.75) is 25.4 Å². The summed E-state index contributed by atoms with van der Waals surface area (Å²) < 4.78 is 39.6. The molecule has 2 aromatic carbocycles. The van der Waals surface area contributed by atoms with Gasteiger partial charge in [0.25, 0.3) is 0 Å². The number of amides is 1.